The Balaban J connectivity index is 1.88. The molecule has 2 aromatic rings. The average Bonchev–Trinajstić information content (AvgIpc) is 2.90. The Morgan fingerprint density at radius 1 is 1.33 bits per heavy atom. The summed E-state index contributed by atoms with van der Waals surface area (Å²) in [6.07, 6.45) is 2.22. The summed E-state index contributed by atoms with van der Waals surface area (Å²) in [7, 11) is 0. The molecule has 1 aromatic heterocycles. The van der Waals surface area contributed by atoms with Crippen LogP contribution in [0, 0.1) is 6.92 Å². The standard InChI is InChI=1S/C17H16ClN3O3/c1-9-14-12(6-3-7-13(14)24-15(9)16(19)22)20-21-17(23)10-4-2-5-11(18)8-10/h2,4-5,8H,3,6-7H2,1H3,(H2,19,22)(H,21,23)/b20-12+. The summed E-state index contributed by atoms with van der Waals surface area (Å²) >= 11 is 5.89. The van der Waals surface area contributed by atoms with Crippen LogP contribution >= 0.6 is 11.6 Å². The minimum absolute atomic E-state index is 0.149. The number of primary amides is 1. The van der Waals surface area contributed by atoms with E-state index < -0.39 is 5.91 Å². The summed E-state index contributed by atoms with van der Waals surface area (Å²) in [5, 5.41) is 4.70. The second-order valence-electron chi connectivity index (χ2n) is 5.58. The molecule has 1 aromatic carbocycles. The average molecular weight is 346 g/mol. The van der Waals surface area contributed by atoms with Crippen molar-refractivity contribution in [3.8, 4) is 0 Å². The number of benzene rings is 1. The van der Waals surface area contributed by atoms with Gasteiger partial charge in [-0.2, -0.15) is 5.10 Å². The molecule has 0 saturated heterocycles. The molecule has 1 aliphatic rings. The maximum Gasteiger partial charge on any atom is 0.284 e. The molecule has 0 fully saturated rings. The van der Waals surface area contributed by atoms with Crippen LogP contribution in [0.2, 0.25) is 5.02 Å². The number of nitrogens with two attached hydrogens (primary N) is 1. The first kappa shape index (κ1) is 16.3. The van der Waals surface area contributed by atoms with Crippen LogP contribution < -0.4 is 11.2 Å². The zero-order valence-corrected chi connectivity index (χ0v) is 13.8. The maximum absolute atomic E-state index is 12.2. The predicted octanol–water partition coefficient (Wildman–Crippen LogP) is 2.81. The molecular weight excluding hydrogens is 330 g/mol. The van der Waals surface area contributed by atoms with Crippen molar-refractivity contribution in [2.45, 2.75) is 26.2 Å². The number of hydrogen-bond donors (Lipinski definition) is 2. The van der Waals surface area contributed by atoms with Crippen molar-refractivity contribution in [2.75, 3.05) is 0 Å². The zero-order chi connectivity index (χ0) is 17.3. The number of carbonyl (C=O) groups is 2. The van der Waals surface area contributed by atoms with Gasteiger partial charge in [0.2, 0.25) is 0 Å². The van der Waals surface area contributed by atoms with E-state index in [0.717, 1.165) is 12.0 Å². The number of nitrogens with one attached hydrogen (secondary N) is 1. The summed E-state index contributed by atoms with van der Waals surface area (Å²) in [5.41, 5.74) is 10.4. The maximum atomic E-state index is 12.2. The molecule has 3 N–H and O–H groups in total. The van der Waals surface area contributed by atoms with Crippen LogP contribution in [0.3, 0.4) is 0 Å². The number of hydrazone groups is 1. The normalized spacial score (nSPS) is 15.2. The number of fused-ring (bicyclic) bond motifs is 1. The summed E-state index contributed by atoms with van der Waals surface area (Å²) in [6, 6.07) is 6.61. The molecular formula is C17H16ClN3O3. The number of halogens is 1. The molecule has 0 saturated carbocycles. The smallest absolute Gasteiger partial charge is 0.284 e. The van der Waals surface area contributed by atoms with Gasteiger partial charge in [-0.25, -0.2) is 5.43 Å². The van der Waals surface area contributed by atoms with Crippen LogP contribution in [0.25, 0.3) is 0 Å². The van der Waals surface area contributed by atoms with E-state index in [1.54, 1.807) is 31.2 Å². The van der Waals surface area contributed by atoms with Gasteiger partial charge in [0.25, 0.3) is 11.8 Å². The van der Waals surface area contributed by atoms with E-state index in [1.165, 1.54) is 0 Å². The number of carbonyl (C=O) groups excluding carboxylic acids is 2. The van der Waals surface area contributed by atoms with E-state index in [2.05, 4.69) is 10.5 Å². The van der Waals surface area contributed by atoms with Gasteiger partial charge in [0, 0.05) is 28.1 Å². The van der Waals surface area contributed by atoms with E-state index in [4.69, 9.17) is 21.8 Å². The molecule has 0 bridgehead atoms. The molecule has 3 rings (SSSR count). The molecule has 2 amide bonds. The van der Waals surface area contributed by atoms with Gasteiger partial charge in [-0.05, 0) is 38.0 Å². The van der Waals surface area contributed by atoms with Gasteiger partial charge < -0.3 is 10.2 Å². The lowest BCUT2D eigenvalue weighted by Crippen LogP contribution is -2.22. The van der Waals surface area contributed by atoms with E-state index >= 15 is 0 Å². The fraction of sp³-hybridized carbons (Fsp3) is 0.235. The third-order valence-corrected chi connectivity index (χ3v) is 4.16. The van der Waals surface area contributed by atoms with E-state index in [-0.39, 0.29) is 11.7 Å². The van der Waals surface area contributed by atoms with Gasteiger partial charge in [0.05, 0.1) is 5.71 Å². The minimum Gasteiger partial charge on any atom is -0.455 e. The summed E-state index contributed by atoms with van der Waals surface area (Å²) in [5.74, 6) is -0.128. The van der Waals surface area contributed by atoms with Crippen LogP contribution in [0.15, 0.2) is 33.8 Å². The highest BCUT2D eigenvalue weighted by Crippen LogP contribution is 2.29. The van der Waals surface area contributed by atoms with Gasteiger partial charge in [-0.3, -0.25) is 9.59 Å². The van der Waals surface area contributed by atoms with Crippen molar-refractivity contribution in [3.05, 3.63) is 57.5 Å². The van der Waals surface area contributed by atoms with Crippen LogP contribution in [0.5, 0.6) is 0 Å². The third kappa shape index (κ3) is 3.05. The molecule has 1 aliphatic carbocycles. The fourth-order valence-electron chi connectivity index (χ4n) is 2.83. The Hall–Kier alpha value is -2.60. The SMILES string of the molecule is Cc1c(C(N)=O)oc2c1/C(=N/NC(=O)c1cccc(Cl)c1)CCC2. The highest BCUT2D eigenvalue weighted by molar-refractivity contribution is 6.31. The van der Waals surface area contributed by atoms with Crippen molar-refractivity contribution in [1.29, 1.82) is 0 Å². The molecule has 1 heterocycles. The molecule has 0 unspecified atom stereocenters. The van der Waals surface area contributed by atoms with Gasteiger partial charge in [0.15, 0.2) is 5.76 Å². The third-order valence-electron chi connectivity index (χ3n) is 3.93. The van der Waals surface area contributed by atoms with Crippen molar-refractivity contribution in [1.82, 2.24) is 5.43 Å². The number of aryl methyl sites for hydroxylation is 1. The first-order valence-corrected chi connectivity index (χ1v) is 7.90. The number of amides is 2. The molecule has 0 radical (unpaired) electrons. The van der Waals surface area contributed by atoms with Gasteiger partial charge >= 0.3 is 0 Å². The number of nitrogens with zero attached hydrogens (tertiary/aromatic N) is 1. The number of furan rings is 1. The largest absolute Gasteiger partial charge is 0.455 e. The summed E-state index contributed by atoms with van der Waals surface area (Å²) in [6.45, 7) is 1.77. The topological polar surface area (TPSA) is 97.7 Å². The first-order chi connectivity index (χ1) is 11.5. The Morgan fingerprint density at radius 2 is 2.12 bits per heavy atom. The molecule has 0 aliphatic heterocycles. The molecule has 6 nitrogen and oxygen atoms in total. The minimum atomic E-state index is -0.607. The zero-order valence-electron chi connectivity index (χ0n) is 13.1. The molecule has 0 spiro atoms. The highest BCUT2D eigenvalue weighted by atomic mass is 35.5. The number of rotatable bonds is 3. The van der Waals surface area contributed by atoms with Crippen LogP contribution in [-0.4, -0.2) is 17.5 Å². The molecule has 0 atom stereocenters. The predicted molar refractivity (Wildman–Crippen MR) is 90.4 cm³/mol. The molecule has 24 heavy (non-hydrogen) atoms. The van der Waals surface area contributed by atoms with Crippen LogP contribution in [0.1, 0.15) is 50.6 Å². The fourth-order valence-corrected chi connectivity index (χ4v) is 3.02. The van der Waals surface area contributed by atoms with E-state index in [0.29, 0.717) is 40.5 Å². The van der Waals surface area contributed by atoms with Crippen molar-refractivity contribution in [2.24, 2.45) is 10.8 Å². The van der Waals surface area contributed by atoms with Gasteiger partial charge in [0.1, 0.15) is 5.76 Å². The molecule has 124 valence electrons. The second-order valence-corrected chi connectivity index (χ2v) is 6.02. The Morgan fingerprint density at radius 3 is 2.83 bits per heavy atom. The molecule has 7 heteroatoms. The van der Waals surface area contributed by atoms with Crippen molar-refractivity contribution < 1.29 is 14.0 Å². The van der Waals surface area contributed by atoms with E-state index in [9.17, 15) is 9.59 Å². The first-order valence-electron chi connectivity index (χ1n) is 7.52. The highest BCUT2D eigenvalue weighted by Gasteiger charge is 2.27. The lowest BCUT2D eigenvalue weighted by molar-refractivity contribution is 0.0952. The van der Waals surface area contributed by atoms with Gasteiger partial charge in [-0.1, -0.05) is 17.7 Å². The van der Waals surface area contributed by atoms with Crippen molar-refractivity contribution in [3.63, 3.8) is 0 Å². The lowest BCUT2D eigenvalue weighted by Gasteiger charge is -2.13. The van der Waals surface area contributed by atoms with Crippen LogP contribution in [0.4, 0.5) is 0 Å². The van der Waals surface area contributed by atoms with Crippen LogP contribution in [-0.2, 0) is 6.42 Å². The monoisotopic (exact) mass is 345 g/mol. The Labute approximate surface area is 143 Å². The summed E-state index contributed by atoms with van der Waals surface area (Å²) in [4.78, 5) is 23.6. The second kappa shape index (κ2) is 6.49. The Bertz CT molecular complexity index is 855. The van der Waals surface area contributed by atoms with Crippen molar-refractivity contribution >= 4 is 29.1 Å². The lowest BCUT2D eigenvalue weighted by atomic mass is 9.93. The quantitative estimate of drug-likeness (QED) is 0.837. The van der Waals surface area contributed by atoms with Gasteiger partial charge in [-0.15, -0.1) is 0 Å². The van der Waals surface area contributed by atoms with E-state index in [1.807, 2.05) is 0 Å². The number of hydrogen-bond acceptors (Lipinski definition) is 4. The summed E-state index contributed by atoms with van der Waals surface area (Å²) < 4.78 is 5.55. The Kier molecular flexibility index (Phi) is 4.40.